The van der Waals surface area contributed by atoms with E-state index in [-0.39, 0.29) is 11.8 Å². The third kappa shape index (κ3) is 6.64. The summed E-state index contributed by atoms with van der Waals surface area (Å²) in [5.41, 5.74) is 15.8. The van der Waals surface area contributed by atoms with Gasteiger partial charge < -0.3 is 9.80 Å². The van der Waals surface area contributed by atoms with Gasteiger partial charge in [-0.2, -0.15) is 13.7 Å². The van der Waals surface area contributed by atoms with Gasteiger partial charge >= 0.3 is 5.91 Å². The number of rotatable bonds is 6. The van der Waals surface area contributed by atoms with Crippen molar-refractivity contribution < 1.29 is 9.15 Å². The average Bonchev–Trinajstić information content (AvgIpc) is 1.72. The minimum absolute atomic E-state index is 0.0907. The van der Waals surface area contributed by atoms with Gasteiger partial charge in [-0.05, 0) is 153 Å². The molecule has 8 aromatic carbocycles. The van der Waals surface area contributed by atoms with Crippen LogP contribution in [0.3, 0.4) is 0 Å². The molecule has 17 rings (SSSR count). The molecule has 0 radical (unpaired) electrons. The Hall–Kier alpha value is -9.80. The van der Waals surface area contributed by atoms with Crippen LogP contribution in [0.2, 0.25) is 0 Å². The number of amidine groups is 4. The summed E-state index contributed by atoms with van der Waals surface area (Å²) in [6, 6.07) is 69.3. The number of hydrogen-bond donors (Lipinski definition) is 0. The maximum Gasteiger partial charge on any atom is 0.404 e. The van der Waals surface area contributed by atoms with Crippen LogP contribution >= 0.6 is 0 Å². The number of benzene rings is 8. The van der Waals surface area contributed by atoms with Crippen LogP contribution in [0.1, 0.15) is 47.2 Å². The van der Waals surface area contributed by atoms with Crippen LogP contribution < -0.4 is 20.8 Å². The van der Waals surface area contributed by atoms with Gasteiger partial charge in [0.1, 0.15) is 0 Å². The van der Waals surface area contributed by atoms with E-state index in [4.69, 9.17) is 20.0 Å². The predicted octanol–water partition coefficient (Wildman–Crippen LogP) is 14.6. The van der Waals surface area contributed by atoms with E-state index in [0.717, 1.165) is 113 Å². The van der Waals surface area contributed by atoms with Crippen LogP contribution in [0.25, 0.3) is 21.5 Å². The fraction of sp³-hybridized carbons (Fsp3) is 0.130. The van der Waals surface area contributed by atoms with E-state index in [2.05, 4.69) is 274 Å². The van der Waals surface area contributed by atoms with Crippen molar-refractivity contribution in [3.8, 4) is 0 Å². The van der Waals surface area contributed by atoms with Gasteiger partial charge in [-0.15, -0.1) is 4.58 Å². The highest BCUT2D eigenvalue weighted by Crippen LogP contribution is 2.53. The van der Waals surface area contributed by atoms with Crippen molar-refractivity contribution in [2.24, 2.45) is 31.8 Å². The Labute approximate surface area is 458 Å². The third-order valence-corrected chi connectivity index (χ3v) is 16.1. The zero-order chi connectivity index (χ0) is 53.3. The largest absolute Gasteiger partial charge is 0.404 e. The monoisotopic (exact) mass is 1020 g/mol. The lowest BCUT2D eigenvalue weighted by Gasteiger charge is -2.40. The van der Waals surface area contributed by atoms with Crippen molar-refractivity contribution in [1.29, 1.82) is 0 Å². The summed E-state index contributed by atoms with van der Waals surface area (Å²) in [6.07, 6.45) is 8.86. The molecular weight excluding hydrogens is 969 g/mol. The van der Waals surface area contributed by atoms with Crippen LogP contribution in [0.15, 0.2) is 238 Å². The molecule has 10 aromatic rings. The lowest BCUT2D eigenvalue weighted by atomic mass is 9.89. The summed E-state index contributed by atoms with van der Waals surface area (Å²) in [6.45, 7) is 12.6. The molecule has 380 valence electrons. The molecule has 0 N–H and O–H groups in total. The van der Waals surface area contributed by atoms with Gasteiger partial charge in [0.05, 0.1) is 23.0 Å². The van der Waals surface area contributed by atoms with Crippen molar-refractivity contribution in [2.75, 3.05) is 9.80 Å². The fourth-order valence-corrected chi connectivity index (χ4v) is 13.0. The first-order chi connectivity index (χ1) is 38.8. The number of aryl methyl sites for hydroxylation is 4. The molecule has 0 fully saturated rings. The highest BCUT2D eigenvalue weighted by atomic mass is 15.7. The number of allylic oxidation sites excluding steroid dienone is 2. The molecule has 1 aliphatic carbocycles. The van der Waals surface area contributed by atoms with Gasteiger partial charge in [0.25, 0.3) is 23.3 Å². The number of anilines is 6. The van der Waals surface area contributed by atoms with Gasteiger partial charge in [-0.1, -0.05) is 149 Å². The first-order valence-corrected chi connectivity index (χ1v) is 27.5. The van der Waals surface area contributed by atoms with Crippen LogP contribution in [-0.2, 0) is 5.91 Å². The summed E-state index contributed by atoms with van der Waals surface area (Å²) in [7, 11) is 0. The molecule has 1 spiro atoms. The average molecular weight is 1030 g/mol. The Bertz CT molecular complexity index is 4410. The number of aliphatic imine (C=N–C) groups is 2. The number of aromatic nitrogens is 2. The van der Waals surface area contributed by atoms with Crippen molar-refractivity contribution in [1.82, 2.24) is 9.13 Å². The first-order valence-electron chi connectivity index (χ1n) is 27.5. The molecule has 3 unspecified atom stereocenters. The Morgan fingerprint density at radius 2 is 0.835 bits per heavy atom. The zero-order valence-electron chi connectivity index (χ0n) is 44.9. The van der Waals surface area contributed by atoms with E-state index in [1.165, 1.54) is 22.3 Å². The summed E-state index contributed by atoms with van der Waals surface area (Å²) in [4.78, 5) is 26.5. The second-order valence-electron chi connectivity index (χ2n) is 21.1. The zero-order valence-corrected chi connectivity index (χ0v) is 44.9. The summed E-state index contributed by atoms with van der Waals surface area (Å²) in [5.74, 6) is 5.02. The second kappa shape index (κ2) is 17.6. The van der Waals surface area contributed by atoms with Crippen LogP contribution in [0.4, 0.5) is 45.8 Å². The molecule has 10 nitrogen and oxygen atoms in total. The molecule has 8 heterocycles. The topological polar surface area (TPSA) is 71.8 Å². The van der Waals surface area contributed by atoms with Gasteiger partial charge in [0.15, 0.2) is 0 Å². The van der Waals surface area contributed by atoms with Crippen molar-refractivity contribution in [3.63, 3.8) is 0 Å². The van der Waals surface area contributed by atoms with Gasteiger partial charge in [0, 0.05) is 55.7 Å². The fourth-order valence-electron chi connectivity index (χ4n) is 13.0. The molecule has 0 saturated carbocycles. The standard InChI is InChI=1S/C34H32N2.C33H18N8.C2H6/c1-25-10-5-14-29(20-25)35(30-15-6-11-26(2)21-30)33-18-9-19-34(24-33)36(31-16-7-12-27(3)22-31)32-17-8-13-28(4)23-32;1-2-10-18-17(9-1)25-34-27-19-11-3-4-12-20(19)29-36-31-23-15-7-8-16-24(23)32-37-30-22-14-6-5-13-21(22)28-35-26(18)38(25)33(39(27)29,40(28)30)41(31)32;1-2/h5-24H,1-4H3;1-18H;1-2H3/q;+2;. The Morgan fingerprint density at radius 1 is 0.405 bits per heavy atom. The highest BCUT2D eigenvalue weighted by Gasteiger charge is 2.71. The molecule has 0 saturated heterocycles. The minimum Gasteiger partial charge on any atom is -0.310 e. The second-order valence-corrected chi connectivity index (χ2v) is 21.1. The number of fused-ring (bicyclic) bond motifs is 12. The Morgan fingerprint density at radius 3 is 1.35 bits per heavy atom. The minimum atomic E-state index is -0.881. The first kappa shape index (κ1) is 46.5. The molecule has 7 aliphatic rings. The lowest BCUT2D eigenvalue weighted by molar-refractivity contribution is -0.791. The molecule has 0 bridgehead atoms. The van der Waals surface area contributed by atoms with E-state index >= 15 is 0 Å². The number of nitrogens with zero attached hydrogens (tertiary/aromatic N) is 10. The predicted molar refractivity (Wildman–Crippen MR) is 320 cm³/mol. The highest BCUT2D eigenvalue weighted by molar-refractivity contribution is 6.18. The molecule has 2 aromatic heterocycles. The smallest absolute Gasteiger partial charge is 0.310 e. The van der Waals surface area contributed by atoms with Gasteiger partial charge in [-0.3, -0.25) is 0 Å². The summed E-state index contributed by atoms with van der Waals surface area (Å²) in [5, 5.41) is 4.41. The van der Waals surface area contributed by atoms with E-state index in [9.17, 15) is 0 Å². The van der Waals surface area contributed by atoms with Crippen molar-refractivity contribution >= 4 is 90.6 Å². The van der Waals surface area contributed by atoms with Crippen LogP contribution in [0, 0.1) is 39.5 Å². The normalized spacial score (nSPS) is 18.5. The molecule has 3 atom stereocenters. The van der Waals surface area contributed by atoms with Crippen LogP contribution in [0.5, 0.6) is 0 Å². The van der Waals surface area contributed by atoms with E-state index < -0.39 is 5.91 Å². The maximum atomic E-state index is 5.48. The molecule has 6 aliphatic heterocycles. The van der Waals surface area contributed by atoms with Crippen molar-refractivity contribution in [3.05, 3.63) is 263 Å². The Balaban J connectivity index is 0.000000134. The lowest BCUT2D eigenvalue weighted by Crippen LogP contribution is -2.71. The van der Waals surface area contributed by atoms with Gasteiger partial charge in [0.2, 0.25) is 22.6 Å². The van der Waals surface area contributed by atoms with E-state index in [0.29, 0.717) is 0 Å². The van der Waals surface area contributed by atoms with E-state index in [1.54, 1.807) is 0 Å². The molecule has 0 amide bonds. The SMILES string of the molecule is C1=CC2C3=Nc4c5ccccc5c5n4C46n7c(c8ccccc8c7=NC(=[N+]34)C2C=C1)=NC1=[N+]6C(=N5)c2ccccc21.CC.Cc1cccc(N(c2cccc(C)c2)c2cccc(N(c3cccc(C)c3)c3cccc(C)c3)c2)c1. The van der Waals surface area contributed by atoms with Crippen molar-refractivity contribution in [2.45, 2.75) is 47.5 Å². The quantitative estimate of drug-likeness (QED) is 0.156. The maximum absolute atomic E-state index is 5.48. The Kier molecular flexibility index (Phi) is 10.4. The third-order valence-electron chi connectivity index (χ3n) is 16.1. The molecule has 79 heavy (non-hydrogen) atoms. The molecule has 10 heteroatoms. The van der Waals surface area contributed by atoms with E-state index in [1.807, 2.05) is 13.8 Å². The van der Waals surface area contributed by atoms with Gasteiger partial charge in [-0.25, -0.2) is 0 Å². The van der Waals surface area contributed by atoms with Crippen LogP contribution in [-0.4, -0.2) is 41.6 Å². The number of hydrogen-bond acceptors (Lipinski definition) is 6. The molecular formula is C69H56N10+2. The summed E-state index contributed by atoms with van der Waals surface area (Å²) >= 11 is 0. The summed E-state index contributed by atoms with van der Waals surface area (Å²) < 4.78 is 9.48.